The zero-order valence-electron chi connectivity index (χ0n) is 14.2. The molecule has 1 heterocycles. The molecule has 0 radical (unpaired) electrons. The lowest BCUT2D eigenvalue weighted by molar-refractivity contribution is -0.152. The Kier molecular flexibility index (Phi) is 4.74. The molecule has 1 aromatic carbocycles. The number of ether oxygens (including phenoxy) is 2. The second kappa shape index (κ2) is 6.96. The van der Waals surface area contributed by atoms with Gasteiger partial charge in [-0.25, -0.2) is 9.59 Å². The van der Waals surface area contributed by atoms with Gasteiger partial charge < -0.3 is 18.8 Å². The highest BCUT2D eigenvalue weighted by molar-refractivity contribution is 5.83. The first-order chi connectivity index (χ1) is 12.0. The second-order valence-electron chi connectivity index (χ2n) is 6.10. The molecular weight excluding hydrogens is 326 g/mol. The molecule has 0 saturated carbocycles. The van der Waals surface area contributed by atoms with E-state index in [-0.39, 0.29) is 24.7 Å². The number of likely N-dealkylation sites (N-methyl/N-ethyl adjacent to an activating group) is 1. The minimum atomic E-state index is -0.647. The third-order valence-corrected chi connectivity index (χ3v) is 4.16. The summed E-state index contributed by atoms with van der Waals surface area (Å²) in [7, 11) is 3.15. The second-order valence-corrected chi connectivity index (χ2v) is 6.10. The van der Waals surface area contributed by atoms with Gasteiger partial charge >= 0.3 is 11.6 Å². The summed E-state index contributed by atoms with van der Waals surface area (Å²) in [6, 6.07) is 5.14. The summed E-state index contributed by atoms with van der Waals surface area (Å²) in [5.74, 6) is -0.565. The van der Waals surface area contributed by atoms with Crippen LogP contribution in [0.1, 0.15) is 17.5 Å². The van der Waals surface area contributed by atoms with Gasteiger partial charge in [0.05, 0.1) is 0 Å². The number of hydrogen-bond acceptors (Lipinski definition) is 6. The van der Waals surface area contributed by atoms with E-state index in [9.17, 15) is 14.4 Å². The topological polar surface area (TPSA) is 86.0 Å². The van der Waals surface area contributed by atoms with Crippen molar-refractivity contribution in [3.05, 3.63) is 39.7 Å². The molecule has 1 aliphatic rings. The highest BCUT2D eigenvalue weighted by atomic mass is 16.6. The van der Waals surface area contributed by atoms with Gasteiger partial charge in [0.1, 0.15) is 11.3 Å². The molecule has 7 heteroatoms. The SMILES string of the molecule is CN(C)C(=O)COC(=O)COc1ccc2c3c(c(=O)oc2c1)CCC3. The van der Waals surface area contributed by atoms with E-state index in [0.717, 1.165) is 35.8 Å². The van der Waals surface area contributed by atoms with Gasteiger partial charge in [-0.05, 0) is 37.0 Å². The molecule has 0 bridgehead atoms. The van der Waals surface area contributed by atoms with Crippen LogP contribution in [0.3, 0.4) is 0 Å². The van der Waals surface area contributed by atoms with Crippen LogP contribution in [-0.4, -0.2) is 44.1 Å². The Morgan fingerprint density at radius 3 is 2.68 bits per heavy atom. The molecule has 132 valence electrons. The van der Waals surface area contributed by atoms with Gasteiger partial charge in [0, 0.05) is 31.1 Å². The molecule has 2 aromatic rings. The average molecular weight is 345 g/mol. The number of aryl methyl sites for hydroxylation is 1. The van der Waals surface area contributed by atoms with Gasteiger partial charge in [-0.1, -0.05) is 0 Å². The molecule has 1 aromatic heterocycles. The number of benzene rings is 1. The quantitative estimate of drug-likeness (QED) is 0.600. The van der Waals surface area contributed by atoms with Gasteiger partial charge in [-0.15, -0.1) is 0 Å². The predicted molar refractivity (Wildman–Crippen MR) is 89.7 cm³/mol. The molecule has 1 aliphatic carbocycles. The summed E-state index contributed by atoms with van der Waals surface area (Å²) < 4.78 is 15.5. The number of fused-ring (bicyclic) bond motifs is 3. The first-order valence-corrected chi connectivity index (χ1v) is 8.03. The number of amides is 1. The van der Waals surface area contributed by atoms with Crippen molar-refractivity contribution in [2.24, 2.45) is 0 Å². The number of esters is 1. The zero-order chi connectivity index (χ0) is 18.0. The molecule has 0 saturated heterocycles. The van der Waals surface area contributed by atoms with Crippen LogP contribution < -0.4 is 10.4 Å². The van der Waals surface area contributed by atoms with Crippen LogP contribution in [0.15, 0.2) is 27.4 Å². The van der Waals surface area contributed by atoms with Gasteiger partial charge in [0.25, 0.3) is 5.91 Å². The lowest BCUT2D eigenvalue weighted by atomic mass is 10.1. The lowest BCUT2D eigenvalue weighted by Crippen LogP contribution is -2.28. The molecule has 0 unspecified atom stereocenters. The van der Waals surface area contributed by atoms with Crippen LogP contribution in [0.4, 0.5) is 0 Å². The normalized spacial score (nSPS) is 12.7. The molecule has 0 fully saturated rings. The van der Waals surface area contributed by atoms with E-state index >= 15 is 0 Å². The van der Waals surface area contributed by atoms with E-state index in [1.165, 1.54) is 4.90 Å². The summed E-state index contributed by atoms with van der Waals surface area (Å²) in [5, 5.41) is 0.901. The molecule has 1 amide bonds. The Bertz CT molecular complexity index is 883. The number of hydrogen-bond donors (Lipinski definition) is 0. The zero-order valence-corrected chi connectivity index (χ0v) is 14.2. The van der Waals surface area contributed by atoms with Crippen molar-refractivity contribution < 1.29 is 23.5 Å². The lowest BCUT2D eigenvalue weighted by Gasteiger charge is -2.11. The van der Waals surface area contributed by atoms with Crippen LogP contribution in [0, 0.1) is 0 Å². The molecular formula is C18H19NO6. The third-order valence-electron chi connectivity index (χ3n) is 4.16. The van der Waals surface area contributed by atoms with Crippen molar-refractivity contribution in [3.8, 4) is 5.75 Å². The molecule has 0 spiro atoms. The summed E-state index contributed by atoms with van der Waals surface area (Å²) in [6.07, 6.45) is 2.57. The first-order valence-electron chi connectivity index (χ1n) is 8.03. The summed E-state index contributed by atoms with van der Waals surface area (Å²) in [6.45, 7) is -0.657. The number of carbonyl (C=O) groups excluding carboxylic acids is 2. The molecule has 0 atom stereocenters. The van der Waals surface area contributed by atoms with Crippen LogP contribution in [0.2, 0.25) is 0 Å². The number of carbonyl (C=O) groups is 2. The van der Waals surface area contributed by atoms with Crippen molar-refractivity contribution >= 4 is 22.8 Å². The molecule has 3 rings (SSSR count). The van der Waals surface area contributed by atoms with Crippen LogP contribution in [0.5, 0.6) is 5.75 Å². The molecule has 0 N–H and O–H groups in total. The van der Waals surface area contributed by atoms with Crippen molar-refractivity contribution in [3.63, 3.8) is 0 Å². The monoisotopic (exact) mass is 345 g/mol. The number of nitrogens with zero attached hydrogens (tertiary/aromatic N) is 1. The summed E-state index contributed by atoms with van der Waals surface area (Å²) >= 11 is 0. The Balaban J connectivity index is 1.67. The highest BCUT2D eigenvalue weighted by Crippen LogP contribution is 2.29. The average Bonchev–Trinajstić information content (AvgIpc) is 3.08. The minimum Gasteiger partial charge on any atom is -0.482 e. The van der Waals surface area contributed by atoms with Gasteiger partial charge in [-0.3, -0.25) is 4.79 Å². The standard InChI is InChI=1S/C18H19NO6/c1-19(2)16(20)9-24-17(21)10-23-11-6-7-13-12-4-3-5-14(12)18(22)25-15(13)8-11/h6-8H,3-5,9-10H2,1-2H3. The third kappa shape index (κ3) is 3.65. The van der Waals surface area contributed by atoms with Gasteiger partial charge in [0.15, 0.2) is 13.2 Å². The van der Waals surface area contributed by atoms with Crippen LogP contribution >= 0.6 is 0 Å². The largest absolute Gasteiger partial charge is 0.482 e. The van der Waals surface area contributed by atoms with Gasteiger partial charge in [0.2, 0.25) is 0 Å². The smallest absolute Gasteiger partial charge is 0.344 e. The van der Waals surface area contributed by atoms with Crippen molar-refractivity contribution in [1.29, 1.82) is 0 Å². The fourth-order valence-corrected chi connectivity index (χ4v) is 2.81. The van der Waals surface area contributed by atoms with E-state index in [2.05, 4.69) is 0 Å². The summed E-state index contributed by atoms with van der Waals surface area (Å²) in [4.78, 5) is 36.3. The van der Waals surface area contributed by atoms with Crippen LogP contribution in [-0.2, 0) is 27.2 Å². The van der Waals surface area contributed by atoms with E-state index in [1.54, 1.807) is 26.2 Å². The van der Waals surface area contributed by atoms with Crippen molar-refractivity contribution in [2.45, 2.75) is 19.3 Å². The first kappa shape index (κ1) is 17.0. The maximum atomic E-state index is 12.0. The molecule has 25 heavy (non-hydrogen) atoms. The minimum absolute atomic E-state index is 0.307. The van der Waals surface area contributed by atoms with Gasteiger partial charge in [-0.2, -0.15) is 0 Å². The fourth-order valence-electron chi connectivity index (χ4n) is 2.81. The van der Waals surface area contributed by atoms with E-state index in [1.807, 2.05) is 6.07 Å². The van der Waals surface area contributed by atoms with Crippen molar-refractivity contribution in [2.75, 3.05) is 27.3 Å². The summed E-state index contributed by atoms with van der Waals surface area (Å²) in [5.41, 5.74) is 1.94. The maximum absolute atomic E-state index is 12.0. The number of rotatable bonds is 5. The predicted octanol–water partition coefficient (Wildman–Crippen LogP) is 1.29. The Labute approximate surface area is 144 Å². The molecule has 7 nitrogen and oxygen atoms in total. The Morgan fingerprint density at radius 2 is 1.92 bits per heavy atom. The van der Waals surface area contributed by atoms with E-state index < -0.39 is 5.97 Å². The Morgan fingerprint density at radius 1 is 1.16 bits per heavy atom. The fraction of sp³-hybridized carbons (Fsp3) is 0.389. The van der Waals surface area contributed by atoms with E-state index in [4.69, 9.17) is 13.9 Å². The van der Waals surface area contributed by atoms with Crippen LogP contribution in [0.25, 0.3) is 11.0 Å². The Hall–Kier alpha value is -2.83. The van der Waals surface area contributed by atoms with E-state index in [0.29, 0.717) is 11.3 Å². The highest BCUT2D eigenvalue weighted by Gasteiger charge is 2.19. The molecule has 0 aliphatic heterocycles. The maximum Gasteiger partial charge on any atom is 0.344 e. The van der Waals surface area contributed by atoms with Crippen molar-refractivity contribution in [1.82, 2.24) is 4.90 Å².